The van der Waals surface area contributed by atoms with Crippen LogP contribution in [0.5, 0.6) is 0 Å². The number of fused-ring (bicyclic) bond motifs is 1. The highest BCUT2D eigenvalue weighted by Crippen LogP contribution is 2.26. The number of aryl methyl sites for hydroxylation is 2. The van der Waals surface area contributed by atoms with Crippen LogP contribution in [0.15, 0.2) is 35.5 Å². The number of carbonyl (C=O) groups is 1. The normalized spacial score (nSPS) is 13.5. The van der Waals surface area contributed by atoms with Gasteiger partial charge in [-0.2, -0.15) is 0 Å². The number of benzene rings is 1. The van der Waals surface area contributed by atoms with Crippen molar-refractivity contribution in [2.24, 2.45) is 4.99 Å². The molecule has 1 aliphatic heterocycles. The first-order valence-electron chi connectivity index (χ1n) is 9.55. The Kier molecular flexibility index (Phi) is 9.17. The summed E-state index contributed by atoms with van der Waals surface area (Å²) in [7, 11) is 0. The number of anilines is 1. The molecule has 0 bridgehead atoms. The number of aliphatic imine (C=N–C) groups is 1. The van der Waals surface area contributed by atoms with Gasteiger partial charge in [-0.1, -0.05) is 25.1 Å². The molecule has 1 aliphatic rings. The number of para-hydroxylation sites is 1. The number of nitrogens with zero attached hydrogens (tertiary/aromatic N) is 3. The van der Waals surface area contributed by atoms with Crippen LogP contribution in [-0.4, -0.2) is 36.5 Å². The van der Waals surface area contributed by atoms with Gasteiger partial charge in [0.15, 0.2) is 5.96 Å². The first-order chi connectivity index (χ1) is 13.2. The smallest absolute Gasteiger partial charge is 0.248 e. The molecule has 1 aromatic carbocycles. The van der Waals surface area contributed by atoms with Crippen LogP contribution < -0.4 is 15.5 Å². The van der Waals surface area contributed by atoms with E-state index in [1.807, 2.05) is 36.2 Å². The van der Waals surface area contributed by atoms with Crippen molar-refractivity contribution in [3.8, 4) is 0 Å². The quantitative estimate of drug-likeness (QED) is 0.353. The van der Waals surface area contributed by atoms with E-state index in [9.17, 15) is 4.79 Å². The molecular formula is C20H28IN5OS. The van der Waals surface area contributed by atoms with Crippen molar-refractivity contribution in [3.63, 3.8) is 0 Å². The minimum Gasteiger partial charge on any atom is -0.357 e. The van der Waals surface area contributed by atoms with E-state index >= 15 is 0 Å². The maximum absolute atomic E-state index is 12.7. The fourth-order valence-electron chi connectivity index (χ4n) is 3.12. The lowest BCUT2D eigenvalue weighted by atomic mass is 10.0. The molecule has 6 nitrogen and oxygen atoms in total. The first-order valence-corrected chi connectivity index (χ1v) is 10.4. The summed E-state index contributed by atoms with van der Waals surface area (Å²) in [6, 6.07) is 8.13. The topological polar surface area (TPSA) is 69.6 Å². The van der Waals surface area contributed by atoms with Crippen LogP contribution in [0.3, 0.4) is 0 Å². The van der Waals surface area contributed by atoms with E-state index in [0.717, 1.165) is 43.0 Å². The molecule has 3 rings (SSSR count). The number of hydrogen-bond acceptors (Lipinski definition) is 4. The first kappa shape index (κ1) is 22.6. The highest BCUT2D eigenvalue weighted by Gasteiger charge is 2.21. The second-order valence-electron chi connectivity index (χ2n) is 6.40. The van der Waals surface area contributed by atoms with Gasteiger partial charge in [0.1, 0.15) is 11.6 Å². The van der Waals surface area contributed by atoms with Gasteiger partial charge in [0.05, 0.1) is 6.54 Å². The number of aromatic nitrogens is 1. The molecule has 2 heterocycles. The monoisotopic (exact) mass is 513 g/mol. The number of guanidine groups is 1. The third-order valence-corrected chi connectivity index (χ3v) is 5.63. The van der Waals surface area contributed by atoms with Gasteiger partial charge in [-0.15, -0.1) is 35.3 Å². The number of amides is 1. The van der Waals surface area contributed by atoms with E-state index in [4.69, 9.17) is 0 Å². The molecule has 0 aliphatic carbocycles. The summed E-state index contributed by atoms with van der Waals surface area (Å²) in [5.41, 5.74) is 2.26. The summed E-state index contributed by atoms with van der Waals surface area (Å²) in [4.78, 5) is 24.8. The molecular weight excluding hydrogens is 485 g/mol. The third-order valence-electron chi connectivity index (χ3n) is 4.48. The lowest BCUT2D eigenvalue weighted by molar-refractivity contribution is -0.117. The molecule has 152 valence electrons. The van der Waals surface area contributed by atoms with Gasteiger partial charge in [0.2, 0.25) is 5.91 Å². The SMILES string of the molecule is CCNC(=NCC(=O)N1CCCc2ccccc21)NCc1ncc(CC)s1.I. The van der Waals surface area contributed by atoms with Crippen molar-refractivity contribution in [3.05, 3.63) is 45.9 Å². The average molecular weight is 513 g/mol. The second kappa shape index (κ2) is 11.4. The van der Waals surface area contributed by atoms with Gasteiger partial charge in [-0.25, -0.2) is 9.98 Å². The lowest BCUT2D eigenvalue weighted by Gasteiger charge is -2.29. The Morgan fingerprint density at radius 1 is 1.29 bits per heavy atom. The summed E-state index contributed by atoms with van der Waals surface area (Å²) in [6.07, 6.45) is 4.94. The van der Waals surface area contributed by atoms with Crippen molar-refractivity contribution in [2.45, 2.75) is 39.7 Å². The van der Waals surface area contributed by atoms with Crippen LogP contribution in [0.25, 0.3) is 0 Å². The highest BCUT2D eigenvalue weighted by atomic mass is 127. The molecule has 1 amide bonds. The van der Waals surface area contributed by atoms with E-state index < -0.39 is 0 Å². The van der Waals surface area contributed by atoms with E-state index in [2.05, 4.69) is 33.6 Å². The molecule has 0 spiro atoms. The molecule has 0 unspecified atom stereocenters. The van der Waals surface area contributed by atoms with Gasteiger partial charge in [0, 0.05) is 29.9 Å². The number of nitrogens with one attached hydrogen (secondary N) is 2. The molecule has 0 saturated carbocycles. The number of hydrogen-bond donors (Lipinski definition) is 2. The van der Waals surface area contributed by atoms with Crippen molar-refractivity contribution < 1.29 is 4.79 Å². The van der Waals surface area contributed by atoms with Crippen LogP contribution in [0, 0.1) is 0 Å². The summed E-state index contributed by atoms with van der Waals surface area (Å²) in [6.45, 7) is 6.37. The molecule has 2 aromatic rings. The lowest BCUT2D eigenvalue weighted by Crippen LogP contribution is -2.40. The maximum atomic E-state index is 12.7. The number of rotatable bonds is 6. The zero-order valence-corrected chi connectivity index (χ0v) is 19.5. The summed E-state index contributed by atoms with van der Waals surface area (Å²) in [5.74, 6) is 0.672. The Hall–Kier alpha value is -1.68. The predicted octanol–water partition coefficient (Wildman–Crippen LogP) is 3.36. The van der Waals surface area contributed by atoms with E-state index in [0.29, 0.717) is 12.5 Å². The van der Waals surface area contributed by atoms with Crippen molar-refractivity contribution >= 4 is 52.9 Å². The summed E-state index contributed by atoms with van der Waals surface area (Å²) in [5, 5.41) is 7.49. The minimum atomic E-state index is 0. The van der Waals surface area contributed by atoms with Crippen LogP contribution in [0.2, 0.25) is 0 Å². The van der Waals surface area contributed by atoms with E-state index in [1.165, 1.54) is 10.4 Å². The van der Waals surface area contributed by atoms with E-state index in [1.54, 1.807) is 11.3 Å². The van der Waals surface area contributed by atoms with Crippen LogP contribution in [0.4, 0.5) is 5.69 Å². The fraction of sp³-hybridized carbons (Fsp3) is 0.450. The summed E-state index contributed by atoms with van der Waals surface area (Å²) < 4.78 is 0. The fourth-order valence-corrected chi connectivity index (χ4v) is 3.92. The van der Waals surface area contributed by atoms with Gasteiger partial charge in [-0.05, 0) is 37.8 Å². The van der Waals surface area contributed by atoms with Gasteiger partial charge < -0.3 is 15.5 Å². The zero-order valence-electron chi connectivity index (χ0n) is 16.4. The molecule has 0 radical (unpaired) electrons. The van der Waals surface area contributed by atoms with Gasteiger partial charge >= 0.3 is 0 Å². The number of halogens is 1. The largest absolute Gasteiger partial charge is 0.357 e. The maximum Gasteiger partial charge on any atom is 0.248 e. The van der Waals surface area contributed by atoms with Gasteiger partial charge in [0.25, 0.3) is 0 Å². The average Bonchev–Trinajstić information content (AvgIpc) is 3.17. The van der Waals surface area contributed by atoms with Crippen molar-refractivity contribution in [2.75, 3.05) is 24.5 Å². The predicted molar refractivity (Wildman–Crippen MR) is 127 cm³/mol. The third kappa shape index (κ3) is 5.91. The summed E-state index contributed by atoms with van der Waals surface area (Å²) >= 11 is 1.70. The highest BCUT2D eigenvalue weighted by molar-refractivity contribution is 14.0. The van der Waals surface area contributed by atoms with Crippen molar-refractivity contribution in [1.29, 1.82) is 0 Å². The molecule has 0 atom stereocenters. The molecule has 0 saturated heterocycles. The Bertz CT molecular complexity index is 807. The van der Waals surface area contributed by atoms with Crippen LogP contribution >= 0.6 is 35.3 Å². The Balaban J connectivity index is 0.00000280. The second-order valence-corrected chi connectivity index (χ2v) is 7.60. The molecule has 8 heteroatoms. The van der Waals surface area contributed by atoms with E-state index in [-0.39, 0.29) is 36.4 Å². The molecule has 28 heavy (non-hydrogen) atoms. The van der Waals surface area contributed by atoms with Crippen molar-refractivity contribution in [1.82, 2.24) is 15.6 Å². The Morgan fingerprint density at radius 2 is 2.11 bits per heavy atom. The Labute approximate surface area is 187 Å². The molecule has 0 fully saturated rings. The Morgan fingerprint density at radius 3 is 2.86 bits per heavy atom. The molecule has 2 N–H and O–H groups in total. The zero-order chi connectivity index (χ0) is 19.1. The van der Waals surface area contributed by atoms with Crippen LogP contribution in [0.1, 0.15) is 35.7 Å². The number of carbonyl (C=O) groups excluding carboxylic acids is 1. The van der Waals surface area contributed by atoms with Gasteiger partial charge in [-0.3, -0.25) is 4.79 Å². The minimum absolute atomic E-state index is 0. The molecule has 1 aromatic heterocycles. The van der Waals surface area contributed by atoms with Crippen LogP contribution in [-0.2, 0) is 24.2 Å². The number of thiazole rings is 1. The standard InChI is InChI=1S/C20H27N5OS.HI/c1-3-16-12-22-18(27-16)13-23-20(21-4-2)24-14-19(26)25-11-7-9-15-8-5-6-10-17(15)25;/h5-6,8,10,12H,3-4,7,9,11,13-14H2,1-2H3,(H2,21,23,24);1H.